The summed E-state index contributed by atoms with van der Waals surface area (Å²) in [6, 6.07) is 12.0. The highest BCUT2D eigenvalue weighted by atomic mass is 79.9. The normalized spacial score (nSPS) is 11.2. The maximum absolute atomic E-state index is 6.35. The maximum Gasteiger partial charge on any atom is 0.142 e. The molecule has 3 nitrogen and oxygen atoms in total. The number of nitrogens with two attached hydrogens (primary N) is 1. The molecule has 0 atom stereocenters. The number of aromatic nitrogens is 2. The minimum Gasteiger partial charge on any atom is -0.326 e. The van der Waals surface area contributed by atoms with Crippen LogP contribution in [0.1, 0.15) is 12.5 Å². The molecule has 5 heteroatoms. The number of halogens is 2. The third-order valence-corrected chi connectivity index (χ3v) is 4.36. The van der Waals surface area contributed by atoms with Crippen molar-refractivity contribution in [1.82, 2.24) is 9.55 Å². The van der Waals surface area contributed by atoms with E-state index in [2.05, 4.69) is 33.5 Å². The molecule has 3 rings (SSSR count). The average Bonchev–Trinajstić information content (AvgIpc) is 2.86. The minimum absolute atomic E-state index is 0.516. The van der Waals surface area contributed by atoms with Gasteiger partial charge in [-0.15, -0.1) is 0 Å². The lowest BCUT2D eigenvalue weighted by Crippen LogP contribution is -1.98. The highest BCUT2D eigenvalue weighted by Crippen LogP contribution is 2.32. The van der Waals surface area contributed by atoms with Crippen LogP contribution in [0.4, 0.5) is 0 Å². The largest absolute Gasteiger partial charge is 0.326 e. The van der Waals surface area contributed by atoms with Crippen LogP contribution >= 0.6 is 27.5 Å². The van der Waals surface area contributed by atoms with Crippen LogP contribution in [-0.4, -0.2) is 9.55 Å². The van der Waals surface area contributed by atoms with Crippen molar-refractivity contribution in [3.8, 4) is 11.4 Å². The van der Waals surface area contributed by atoms with Crippen molar-refractivity contribution in [3.63, 3.8) is 0 Å². The number of hydrogen-bond acceptors (Lipinski definition) is 2. The first-order valence-corrected chi connectivity index (χ1v) is 7.95. The minimum atomic E-state index is 0.516. The summed E-state index contributed by atoms with van der Waals surface area (Å²) in [7, 11) is 0. The number of aryl methyl sites for hydroxylation is 1. The van der Waals surface area contributed by atoms with Crippen molar-refractivity contribution in [2.45, 2.75) is 20.0 Å². The lowest BCUT2D eigenvalue weighted by atomic mass is 10.2. The summed E-state index contributed by atoms with van der Waals surface area (Å²) in [5, 5.41) is 0.697. The van der Waals surface area contributed by atoms with Crippen molar-refractivity contribution < 1.29 is 0 Å². The van der Waals surface area contributed by atoms with Gasteiger partial charge in [-0.3, -0.25) is 0 Å². The zero-order valence-electron chi connectivity index (χ0n) is 11.6. The van der Waals surface area contributed by atoms with Gasteiger partial charge in [0.25, 0.3) is 0 Å². The second-order valence-electron chi connectivity index (χ2n) is 4.83. The maximum atomic E-state index is 6.35. The Morgan fingerprint density at radius 2 is 2.05 bits per heavy atom. The highest BCUT2D eigenvalue weighted by Gasteiger charge is 2.14. The average molecular weight is 365 g/mol. The fraction of sp³-hybridized carbons (Fsp3) is 0.188. The number of benzene rings is 2. The molecule has 0 saturated carbocycles. The first-order valence-electron chi connectivity index (χ1n) is 6.78. The van der Waals surface area contributed by atoms with Gasteiger partial charge < -0.3 is 10.3 Å². The molecule has 0 radical (unpaired) electrons. The molecule has 2 aromatic carbocycles. The van der Waals surface area contributed by atoms with Crippen molar-refractivity contribution in [1.29, 1.82) is 0 Å². The molecule has 0 amide bonds. The third-order valence-electron chi connectivity index (χ3n) is 3.53. The van der Waals surface area contributed by atoms with E-state index in [1.54, 1.807) is 0 Å². The van der Waals surface area contributed by atoms with E-state index >= 15 is 0 Å². The van der Waals surface area contributed by atoms with Gasteiger partial charge in [-0.05, 0) is 42.8 Å². The summed E-state index contributed by atoms with van der Waals surface area (Å²) in [6.07, 6.45) is 0. The molecule has 0 spiro atoms. The van der Waals surface area contributed by atoms with Crippen LogP contribution in [0.2, 0.25) is 5.02 Å². The molecule has 21 heavy (non-hydrogen) atoms. The van der Waals surface area contributed by atoms with Crippen molar-refractivity contribution in [3.05, 3.63) is 51.5 Å². The summed E-state index contributed by atoms with van der Waals surface area (Å²) in [4.78, 5) is 4.77. The summed E-state index contributed by atoms with van der Waals surface area (Å²) in [5.41, 5.74) is 9.77. The molecule has 0 bridgehead atoms. The SMILES string of the molecule is CCn1c(-c2cc(Br)ccc2Cl)nc2cc(CN)ccc21. The van der Waals surface area contributed by atoms with E-state index in [1.165, 1.54) is 0 Å². The van der Waals surface area contributed by atoms with Gasteiger partial charge in [-0.1, -0.05) is 33.6 Å². The number of hydrogen-bond donors (Lipinski definition) is 1. The van der Waals surface area contributed by atoms with Gasteiger partial charge in [0, 0.05) is 23.1 Å². The van der Waals surface area contributed by atoms with Crippen LogP contribution in [0, 0.1) is 0 Å². The molecule has 108 valence electrons. The predicted molar refractivity (Wildman–Crippen MR) is 91.4 cm³/mol. The smallest absolute Gasteiger partial charge is 0.142 e. The highest BCUT2D eigenvalue weighted by molar-refractivity contribution is 9.10. The summed E-state index contributed by atoms with van der Waals surface area (Å²) >= 11 is 9.85. The molecular weight excluding hydrogens is 350 g/mol. The predicted octanol–water partition coefficient (Wildman–Crippen LogP) is 4.60. The van der Waals surface area contributed by atoms with Gasteiger partial charge in [0.1, 0.15) is 5.82 Å². The summed E-state index contributed by atoms with van der Waals surface area (Å²) in [6.45, 7) is 3.45. The van der Waals surface area contributed by atoms with Gasteiger partial charge in [-0.25, -0.2) is 4.98 Å². The standard InChI is InChI=1S/C16H15BrClN3/c1-2-21-15-6-3-10(9-19)7-14(15)20-16(21)12-8-11(17)4-5-13(12)18/h3-8H,2,9,19H2,1H3. The molecular formula is C16H15BrClN3. The fourth-order valence-corrected chi connectivity index (χ4v) is 3.06. The molecule has 1 aromatic heterocycles. The van der Waals surface area contributed by atoms with E-state index in [0.29, 0.717) is 11.6 Å². The number of fused-ring (bicyclic) bond motifs is 1. The summed E-state index contributed by atoms with van der Waals surface area (Å²) in [5.74, 6) is 0.882. The van der Waals surface area contributed by atoms with E-state index in [9.17, 15) is 0 Å². The van der Waals surface area contributed by atoms with Gasteiger partial charge in [-0.2, -0.15) is 0 Å². The quantitative estimate of drug-likeness (QED) is 0.738. The van der Waals surface area contributed by atoms with Crippen molar-refractivity contribution in [2.24, 2.45) is 5.73 Å². The Morgan fingerprint density at radius 3 is 2.76 bits per heavy atom. The Balaban J connectivity index is 2.29. The zero-order valence-corrected chi connectivity index (χ0v) is 13.9. The Bertz CT molecular complexity index is 811. The molecule has 0 saturated heterocycles. The van der Waals surface area contributed by atoms with Gasteiger partial charge in [0.15, 0.2) is 0 Å². The molecule has 2 N–H and O–H groups in total. The zero-order chi connectivity index (χ0) is 15.0. The summed E-state index contributed by atoms with van der Waals surface area (Å²) < 4.78 is 3.16. The number of nitrogens with zero attached hydrogens (tertiary/aromatic N) is 2. The van der Waals surface area contributed by atoms with Crippen molar-refractivity contribution >= 4 is 38.6 Å². The van der Waals surface area contributed by atoms with Crippen LogP contribution in [0.15, 0.2) is 40.9 Å². The first kappa shape index (κ1) is 14.6. The Hall–Kier alpha value is -1.36. The molecule has 0 aliphatic heterocycles. The van der Waals surface area contributed by atoms with Crippen LogP contribution in [0.25, 0.3) is 22.4 Å². The van der Waals surface area contributed by atoms with Crippen LogP contribution < -0.4 is 5.73 Å². The molecule has 3 aromatic rings. The Kier molecular flexibility index (Phi) is 4.02. The number of rotatable bonds is 3. The van der Waals surface area contributed by atoms with Crippen LogP contribution in [0.5, 0.6) is 0 Å². The topological polar surface area (TPSA) is 43.8 Å². The van der Waals surface area contributed by atoms with E-state index in [-0.39, 0.29) is 0 Å². The molecule has 0 aliphatic rings. The molecule has 1 heterocycles. The van der Waals surface area contributed by atoms with E-state index < -0.39 is 0 Å². The second kappa shape index (κ2) is 5.79. The lowest BCUT2D eigenvalue weighted by Gasteiger charge is -2.08. The monoisotopic (exact) mass is 363 g/mol. The number of imidazole rings is 1. The van der Waals surface area contributed by atoms with Gasteiger partial charge in [0.05, 0.1) is 16.1 Å². The second-order valence-corrected chi connectivity index (χ2v) is 6.15. The third kappa shape index (κ3) is 2.59. The van der Waals surface area contributed by atoms with Gasteiger partial charge in [0.2, 0.25) is 0 Å². The molecule has 0 fully saturated rings. The van der Waals surface area contributed by atoms with E-state index in [1.807, 2.05) is 30.3 Å². The van der Waals surface area contributed by atoms with Crippen LogP contribution in [-0.2, 0) is 13.1 Å². The molecule has 0 aliphatic carbocycles. The molecule has 0 unspecified atom stereocenters. The van der Waals surface area contributed by atoms with E-state index in [0.717, 1.165) is 39.0 Å². The Labute approximate surface area is 136 Å². The fourth-order valence-electron chi connectivity index (χ4n) is 2.50. The van der Waals surface area contributed by atoms with Gasteiger partial charge >= 0.3 is 0 Å². The Morgan fingerprint density at radius 1 is 1.24 bits per heavy atom. The van der Waals surface area contributed by atoms with Crippen LogP contribution in [0.3, 0.4) is 0 Å². The van der Waals surface area contributed by atoms with E-state index in [4.69, 9.17) is 22.3 Å². The van der Waals surface area contributed by atoms with Crippen molar-refractivity contribution in [2.75, 3.05) is 0 Å². The lowest BCUT2D eigenvalue weighted by molar-refractivity contribution is 0.796. The first-order chi connectivity index (χ1) is 10.1.